The van der Waals surface area contributed by atoms with Crippen molar-refractivity contribution in [3.8, 4) is 0 Å². The van der Waals surface area contributed by atoms with Crippen molar-refractivity contribution in [1.82, 2.24) is 10.2 Å². The quantitative estimate of drug-likeness (QED) is 0.751. The Hall–Kier alpha value is -0.780. The molecule has 1 heterocycles. The number of likely N-dealkylation sites (tertiary alicyclic amines) is 1. The SMILES string of the molecule is CC(C)(C)N1CCC(NC(=O)C(F)(F)F)C1. The number of nitrogens with one attached hydrogen (secondary N) is 1. The molecule has 1 N–H and O–H groups in total. The van der Waals surface area contributed by atoms with Crippen molar-refractivity contribution in [2.75, 3.05) is 13.1 Å². The lowest BCUT2D eigenvalue weighted by Gasteiger charge is -2.31. The second kappa shape index (κ2) is 4.24. The van der Waals surface area contributed by atoms with Gasteiger partial charge in [-0.25, -0.2) is 0 Å². The molecule has 1 unspecified atom stereocenters. The summed E-state index contributed by atoms with van der Waals surface area (Å²) in [5.41, 5.74) is -0.0717. The van der Waals surface area contributed by atoms with Gasteiger partial charge in [-0.1, -0.05) is 0 Å². The van der Waals surface area contributed by atoms with Gasteiger partial charge >= 0.3 is 12.1 Å². The van der Waals surface area contributed by atoms with E-state index in [4.69, 9.17) is 0 Å². The van der Waals surface area contributed by atoms with Gasteiger partial charge in [0.1, 0.15) is 0 Å². The number of hydrogen-bond acceptors (Lipinski definition) is 2. The maximum absolute atomic E-state index is 12.0. The fourth-order valence-electron chi connectivity index (χ4n) is 1.75. The van der Waals surface area contributed by atoms with Crippen molar-refractivity contribution in [1.29, 1.82) is 0 Å². The van der Waals surface area contributed by atoms with Crippen LogP contribution in [0.2, 0.25) is 0 Å². The highest BCUT2D eigenvalue weighted by atomic mass is 19.4. The summed E-state index contributed by atoms with van der Waals surface area (Å²) in [5.74, 6) is -1.84. The average molecular weight is 238 g/mol. The van der Waals surface area contributed by atoms with Crippen LogP contribution in [0.15, 0.2) is 0 Å². The largest absolute Gasteiger partial charge is 0.471 e. The van der Waals surface area contributed by atoms with Crippen LogP contribution in [0, 0.1) is 0 Å². The Bertz CT molecular complexity index is 270. The van der Waals surface area contributed by atoms with Gasteiger partial charge in [-0.15, -0.1) is 0 Å². The van der Waals surface area contributed by atoms with E-state index in [-0.39, 0.29) is 5.54 Å². The molecule has 0 aliphatic carbocycles. The van der Waals surface area contributed by atoms with Crippen molar-refractivity contribution >= 4 is 5.91 Å². The number of carbonyl (C=O) groups excluding carboxylic acids is 1. The summed E-state index contributed by atoms with van der Waals surface area (Å²) in [4.78, 5) is 12.8. The third kappa shape index (κ3) is 3.37. The van der Waals surface area contributed by atoms with Crippen LogP contribution in [-0.4, -0.2) is 41.7 Å². The molecule has 1 aliphatic heterocycles. The molecule has 1 atom stereocenters. The normalized spacial score (nSPS) is 23.5. The third-order valence-electron chi connectivity index (χ3n) is 2.73. The van der Waals surface area contributed by atoms with E-state index in [1.54, 1.807) is 0 Å². The van der Waals surface area contributed by atoms with Crippen molar-refractivity contribution in [3.63, 3.8) is 0 Å². The standard InChI is InChI=1S/C10H17F3N2O/c1-9(2,3)15-5-4-7(6-15)14-8(16)10(11,12)13/h7H,4-6H2,1-3H3,(H,14,16). The van der Waals surface area contributed by atoms with Gasteiger partial charge in [0.25, 0.3) is 0 Å². The van der Waals surface area contributed by atoms with Gasteiger partial charge < -0.3 is 5.32 Å². The number of rotatable bonds is 1. The molecule has 6 heteroatoms. The average Bonchev–Trinajstić information content (AvgIpc) is 2.49. The fraction of sp³-hybridized carbons (Fsp3) is 0.900. The van der Waals surface area contributed by atoms with Crippen LogP contribution in [0.3, 0.4) is 0 Å². The number of nitrogens with zero attached hydrogens (tertiary/aromatic N) is 1. The van der Waals surface area contributed by atoms with Crippen LogP contribution < -0.4 is 5.32 Å². The van der Waals surface area contributed by atoms with E-state index in [9.17, 15) is 18.0 Å². The zero-order chi connectivity index (χ0) is 12.6. The summed E-state index contributed by atoms with van der Waals surface area (Å²) in [7, 11) is 0. The minimum Gasteiger partial charge on any atom is -0.344 e. The van der Waals surface area contributed by atoms with Gasteiger partial charge in [-0.2, -0.15) is 13.2 Å². The first-order valence-corrected chi connectivity index (χ1v) is 5.23. The van der Waals surface area contributed by atoms with Gasteiger partial charge in [0, 0.05) is 24.7 Å². The Balaban J connectivity index is 2.47. The Morgan fingerprint density at radius 3 is 2.25 bits per heavy atom. The van der Waals surface area contributed by atoms with Crippen molar-refractivity contribution in [2.45, 2.75) is 44.9 Å². The molecule has 1 amide bonds. The van der Waals surface area contributed by atoms with Crippen LogP contribution in [0.25, 0.3) is 0 Å². The Labute approximate surface area is 93.0 Å². The van der Waals surface area contributed by atoms with Crippen LogP contribution >= 0.6 is 0 Å². The summed E-state index contributed by atoms with van der Waals surface area (Å²) in [6, 6.07) is -0.395. The lowest BCUT2D eigenvalue weighted by Crippen LogP contribution is -2.46. The van der Waals surface area contributed by atoms with E-state index in [0.29, 0.717) is 19.5 Å². The summed E-state index contributed by atoms with van der Waals surface area (Å²) in [5, 5.41) is 2.02. The molecule has 1 rings (SSSR count). The highest BCUT2D eigenvalue weighted by Crippen LogP contribution is 2.21. The number of alkyl halides is 3. The molecule has 1 saturated heterocycles. The van der Waals surface area contributed by atoms with Crippen LogP contribution in [0.1, 0.15) is 27.2 Å². The Kier molecular flexibility index (Phi) is 3.52. The molecule has 16 heavy (non-hydrogen) atoms. The molecule has 3 nitrogen and oxygen atoms in total. The van der Waals surface area contributed by atoms with E-state index < -0.39 is 18.1 Å². The lowest BCUT2D eigenvalue weighted by atomic mass is 10.1. The molecule has 0 aromatic rings. The first kappa shape index (κ1) is 13.3. The smallest absolute Gasteiger partial charge is 0.344 e. The molecule has 0 aromatic heterocycles. The summed E-state index contributed by atoms with van der Waals surface area (Å²) >= 11 is 0. The number of halogens is 3. The first-order chi connectivity index (χ1) is 7.10. The van der Waals surface area contributed by atoms with Gasteiger partial charge in [0.2, 0.25) is 0 Å². The summed E-state index contributed by atoms with van der Waals surface area (Å²) in [6.45, 7) is 7.19. The third-order valence-corrected chi connectivity index (χ3v) is 2.73. The topological polar surface area (TPSA) is 32.3 Å². The highest BCUT2D eigenvalue weighted by molar-refractivity contribution is 5.81. The second-order valence-corrected chi connectivity index (χ2v) is 5.07. The zero-order valence-corrected chi connectivity index (χ0v) is 9.69. The number of hydrogen-bond donors (Lipinski definition) is 1. The van der Waals surface area contributed by atoms with E-state index in [0.717, 1.165) is 0 Å². The van der Waals surface area contributed by atoms with E-state index in [1.807, 2.05) is 26.1 Å². The monoisotopic (exact) mass is 238 g/mol. The maximum Gasteiger partial charge on any atom is 0.471 e. The Morgan fingerprint density at radius 2 is 1.88 bits per heavy atom. The van der Waals surface area contributed by atoms with Crippen molar-refractivity contribution < 1.29 is 18.0 Å². The van der Waals surface area contributed by atoms with Gasteiger partial charge in [0.15, 0.2) is 0 Å². The molecule has 0 saturated carbocycles. The van der Waals surface area contributed by atoms with Crippen molar-refractivity contribution in [3.05, 3.63) is 0 Å². The van der Waals surface area contributed by atoms with Crippen LogP contribution in [-0.2, 0) is 4.79 Å². The summed E-state index contributed by atoms with van der Waals surface area (Å²) in [6.07, 6.45) is -4.21. The molecule has 94 valence electrons. The van der Waals surface area contributed by atoms with Gasteiger partial charge in [0.05, 0.1) is 0 Å². The molecule has 0 radical (unpaired) electrons. The molecule has 0 bridgehead atoms. The van der Waals surface area contributed by atoms with E-state index in [1.165, 1.54) is 0 Å². The number of amides is 1. The van der Waals surface area contributed by atoms with E-state index >= 15 is 0 Å². The Morgan fingerprint density at radius 1 is 1.31 bits per heavy atom. The lowest BCUT2D eigenvalue weighted by molar-refractivity contribution is -0.174. The maximum atomic E-state index is 12.0. The van der Waals surface area contributed by atoms with Crippen LogP contribution in [0.4, 0.5) is 13.2 Å². The molecule has 1 fully saturated rings. The molecule has 0 spiro atoms. The molecule has 0 aromatic carbocycles. The minimum atomic E-state index is -4.78. The van der Waals surface area contributed by atoms with Crippen molar-refractivity contribution in [2.24, 2.45) is 0 Å². The predicted octanol–water partition coefficient (Wildman–Crippen LogP) is 1.54. The fourth-order valence-corrected chi connectivity index (χ4v) is 1.75. The second-order valence-electron chi connectivity index (χ2n) is 5.07. The first-order valence-electron chi connectivity index (χ1n) is 5.23. The van der Waals surface area contributed by atoms with Gasteiger partial charge in [-0.05, 0) is 27.2 Å². The summed E-state index contributed by atoms with van der Waals surface area (Å²) < 4.78 is 36.0. The zero-order valence-electron chi connectivity index (χ0n) is 9.69. The highest BCUT2D eigenvalue weighted by Gasteiger charge is 2.41. The predicted molar refractivity (Wildman–Crippen MR) is 53.9 cm³/mol. The molecular weight excluding hydrogens is 221 g/mol. The minimum absolute atomic E-state index is 0.0717. The molecular formula is C10H17F3N2O. The van der Waals surface area contributed by atoms with E-state index in [2.05, 4.69) is 4.90 Å². The molecule has 1 aliphatic rings. The van der Waals surface area contributed by atoms with Gasteiger partial charge in [-0.3, -0.25) is 9.69 Å². The van der Waals surface area contributed by atoms with Crippen LogP contribution in [0.5, 0.6) is 0 Å². The number of carbonyl (C=O) groups is 1.